The van der Waals surface area contributed by atoms with Crippen molar-refractivity contribution in [3.05, 3.63) is 70.2 Å². The number of nitrogens with zero attached hydrogens (tertiary/aromatic N) is 2. The number of benzene rings is 2. The average Bonchev–Trinajstić information content (AvgIpc) is 3.35. The lowest BCUT2D eigenvalue weighted by molar-refractivity contribution is -0.117. The molecule has 7 heteroatoms. The zero-order valence-corrected chi connectivity index (χ0v) is 16.9. The molecule has 1 saturated heterocycles. The highest BCUT2D eigenvalue weighted by molar-refractivity contribution is 7.09. The summed E-state index contributed by atoms with van der Waals surface area (Å²) in [5, 5.41) is 5.86. The first-order chi connectivity index (χ1) is 14.1. The van der Waals surface area contributed by atoms with Gasteiger partial charge in [-0.3, -0.25) is 9.59 Å². The van der Waals surface area contributed by atoms with Gasteiger partial charge in [-0.15, -0.1) is 11.3 Å². The minimum Gasteiger partial charge on any atom is -0.487 e. The molecular formula is C22H21N3O3S. The predicted molar refractivity (Wildman–Crippen MR) is 114 cm³/mol. The molecule has 29 heavy (non-hydrogen) atoms. The summed E-state index contributed by atoms with van der Waals surface area (Å²) in [5.41, 5.74) is 2.99. The number of amides is 2. The standard InChI is InChI=1S/C22H21N3O3S/c1-15-23-18(14-29-15)13-28-20-10-4-16(5-11-20)22(27)24-17-6-8-19(9-7-17)25-12-2-3-21(25)26/h4-11,14H,2-3,12-13H2,1H3,(H,24,27). The highest BCUT2D eigenvalue weighted by Crippen LogP contribution is 2.23. The lowest BCUT2D eigenvalue weighted by atomic mass is 10.2. The van der Waals surface area contributed by atoms with E-state index in [-0.39, 0.29) is 11.8 Å². The second kappa shape index (κ2) is 8.45. The molecule has 148 valence electrons. The predicted octanol–water partition coefficient (Wildman–Crippen LogP) is 4.41. The topological polar surface area (TPSA) is 71.5 Å². The van der Waals surface area contributed by atoms with Crippen LogP contribution in [0.2, 0.25) is 0 Å². The summed E-state index contributed by atoms with van der Waals surface area (Å²) in [7, 11) is 0. The smallest absolute Gasteiger partial charge is 0.255 e. The summed E-state index contributed by atoms with van der Waals surface area (Å²) in [5.74, 6) is 0.637. The third-order valence-electron chi connectivity index (χ3n) is 4.68. The molecule has 1 aliphatic heterocycles. The summed E-state index contributed by atoms with van der Waals surface area (Å²) < 4.78 is 5.71. The van der Waals surface area contributed by atoms with Crippen LogP contribution in [0.15, 0.2) is 53.9 Å². The van der Waals surface area contributed by atoms with Gasteiger partial charge in [-0.25, -0.2) is 4.98 Å². The molecule has 3 aromatic rings. The molecule has 0 aliphatic carbocycles. The Kier molecular flexibility index (Phi) is 5.57. The maximum atomic E-state index is 12.5. The fourth-order valence-electron chi connectivity index (χ4n) is 3.18. The molecule has 0 bridgehead atoms. The van der Waals surface area contributed by atoms with Crippen LogP contribution < -0.4 is 15.0 Å². The monoisotopic (exact) mass is 407 g/mol. The number of aryl methyl sites for hydroxylation is 1. The third kappa shape index (κ3) is 4.63. The minimum absolute atomic E-state index is 0.147. The maximum Gasteiger partial charge on any atom is 0.255 e. The van der Waals surface area contributed by atoms with Crippen LogP contribution in [-0.4, -0.2) is 23.3 Å². The number of nitrogens with one attached hydrogen (secondary N) is 1. The molecular weight excluding hydrogens is 386 g/mol. The molecule has 1 aliphatic rings. The fraction of sp³-hybridized carbons (Fsp3) is 0.227. The van der Waals surface area contributed by atoms with Crippen molar-refractivity contribution in [1.29, 1.82) is 0 Å². The van der Waals surface area contributed by atoms with Gasteiger partial charge in [-0.05, 0) is 61.9 Å². The molecule has 0 unspecified atom stereocenters. The Hall–Kier alpha value is -3.19. The van der Waals surface area contributed by atoms with Crippen molar-refractivity contribution >= 4 is 34.5 Å². The van der Waals surface area contributed by atoms with Gasteiger partial charge in [0.25, 0.3) is 5.91 Å². The second-order valence-electron chi connectivity index (χ2n) is 6.82. The van der Waals surface area contributed by atoms with Crippen molar-refractivity contribution < 1.29 is 14.3 Å². The Morgan fingerprint density at radius 3 is 2.55 bits per heavy atom. The molecule has 1 N–H and O–H groups in total. The Morgan fingerprint density at radius 1 is 1.17 bits per heavy atom. The van der Waals surface area contributed by atoms with E-state index in [9.17, 15) is 9.59 Å². The van der Waals surface area contributed by atoms with Crippen LogP contribution in [0.5, 0.6) is 5.75 Å². The van der Waals surface area contributed by atoms with Crippen LogP contribution in [0.4, 0.5) is 11.4 Å². The normalized spacial score (nSPS) is 13.6. The molecule has 1 fully saturated rings. The van der Waals surface area contributed by atoms with Gasteiger partial charge < -0.3 is 15.0 Å². The van der Waals surface area contributed by atoms with E-state index in [0.717, 1.165) is 29.4 Å². The van der Waals surface area contributed by atoms with E-state index in [0.29, 0.717) is 30.0 Å². The van der Waals surface area contributed by atoms with Crippen LogP contribution in [0.3, 0.4) is 0 Å². The van der Waals surface area contributed by atoms with Crippen molar-refractivity contribution in [1.82, 2.24) is 4.98 Å². The molecule has 0 atom stereocenters. The van der Waals surface area contributed by atoms with E-state index in [4.69, 9.17) is 4.74 Å². The van der Waals surface area contributed by atoms with Gasteiger partial charge in [0.2, 0.25) is 5.91 Å². The highest BCUT2D eigenvalue weighted by Gasteiger charge is 2.21. The molecule has 1 aromatic heterocycles. The molecule has 6 nitrogen and oxygen atoms in total. The van der Waals surface area contributed by atoms with Crippen LogP contribution >= 0.6 is 11.3 Å². The van der Waals surface area contributed by atoms with Gasteiger partial charge in [0.05, 0.1) is 10.7 Å². The molecule has 0 spiro atoms. The Labute approximate surface area is 173 Å². The van der Waals surface area contributed by atoms with Crippen molar-refractivity contribution in [2.24, 2.45) is 0 Å². The maximum absolute atomic E-state index is 12.5. The van der Waals surface area contributed by atoms with E-state index in [2.05, 4.69) is 10.3 Å². The van der Waals surface area contributed by atoms with Gasteiger partial charge in [0.15, 0.2) is 0 Å². The van der Waals surface area contributed by atoms with Crippen LogP contribution in [0, 0.1) is 6.92 Å². The van der Waals surface area contributed by atoms with E-state index in [1.165, 1.54) is 0 Å². The van der Waals surface area contributed by atoms with E-state index in [1.807, 2.05) is 36.6 Å². The number of anilines is 2. The Balaban J connectivity index is 1.33. The molecule has 0 radical (unpaired) electrons. The van der Waals surface area contributed by atoms with Crippen molar-refractivity contribution in [3.63, 3.8) is 0 Å². The zero-order valence-electron chi connectivity index (χ0n) is 16.1. The van der Waals surface area contributed by atoms with E-state index >= 15 is 0 Å². The molecule has 4 rings (SSSR count). The Bertz CT molecular complexity index is 1010. The quantitative estimate of drug-likeness (QED) is 0.657. The van der Waals surface area contributed by atoms with Gasteiger partial charge in [-0.2, -0.15) is 0 Å². The number of hydrogen-bond donors (Lipinski definition) is 1. The van der Waals surface area contributed by atoms with Gasteiger partial charge in [-0.1, -0.05) is 0 Å². The van der Waals surface area contributed by atoms with Gasteiger partial charge in [0, 0.05) is 35.3 Å². The number of ether oxygens (including phenoxy) is 1. The number of aromatic nitrogens is 1. The lowest BCUT2D eigenvalue weighted by Gasteiger charge is -2.16. The van der Waals surface area contributed by atoms with Crippen molar-refractivity contribution in [2.75, 3.05) is 16.8 Å². The second-order valence-corrected chi connectivity index (χ2v) is 7.88. The highest BCUT2D eigenvalue weighted by atomic mass is 32.1. The van der Waals surface area contributed by atoms with E-state index in [1.54, 1.807) is 40.5 Å². The summed E-state index contributed by atoms with van der Waals surface area (Å²) in [6.07, 6.45) is 1.49. The largest absolute Gasteiger partial charge is 0.487 e. The van der Waals surface area contributed by atoms with Gasteiger partial charge >= 0.3 is 0 Å². The summed E-state index contributed by atoms with van der Waals surface area (Å²) in [6, 6.07) is 14.3. The number of rotatable bonds is 6. The number of hydrogen-bond acceptors (Lipinski definition) is 5. The first kappa shape index (κ1) is 19.1. The Morgan fingerprint density at radius 2 is 1.93 bits per heavy atom. The van der Waals surface area contributed by atoms with Gasteiger partial charge in [0.1, 0.15) is 12.4 Å². The molecule has 2 aromatic carbocycles. The third-order valence-corrected chi connectivity index (χ3v) is 5.50. The summed E-state index contributed by atoms with van der Waals surface area (Å²) >= 11 is 1.59. The van der Waals surface area contributed by atoms with Crippen molar-refractivity contribution in [2.45, 2.75) is 26.4 Å². The average molecular weight is 407 g/mol. The molecule has 2 amide bonds. The number of thiazole rings is 1. The number of carbonyl (C=O) groups is 2. The molecule has 2 heterocycles. The lowest BCUT2D eigenvalue weighted by Crippen LogP contribution is -2.23. The van der Waals surface area contributed by atoms with E-state index < -0.39 is 0 Å². The summed E-state index contributed by atoms with van der Waals surface area (Å²) in [6.45, 7) is 3.11. The van der Waals surface area contributed by atoms with Crippen LogP contribution in [-0.2, 0) is 11.4 Å². The first-order valence-electron chi connectivity index (χ1n) is 9.44. The SMILES string of the molecule is Cc1nc(COc2ccc(C(=O)Nc3ccc(N4CCCC4=O)cc3)cc2)cs1. The van der Waals surface area contributed by atoms with Crippen molar-refractivity contribution in [3.8, 4) is 5.75 Å². The summed E-state index contributed by atoms with van der Waals surface area (Å²) in [4.78, 5) is 30.4. The number of carbonyl (C=O) groups excluding carboxylic acids is 2. The zero-order chi connectivity index (χ0) is 20.2. The van der Waals surface area contributed by atoms with Crippen LogP contribution in [0.25, 0.3) is 0 Å². The minimum atomic E-state index is -0.198. The van der Waals surface area contributed by atoms with Crippen LogP contribution in [0.1, 0.15) is 33.9 Å². The fourth-order valence-corrected chi connectivity index (χ4v) is 3.78. The first-order valence-corrected chi connectivity index (χ1v) is 10.3. The molecule has 0 saturated carbocycles.